The van der Waals surface area contributed by atoms with Gasteiger partial charge in [-0.05, 0) is 40.3 Å². The molecule has 2 nitrogen and oxygen atoms in total. The van der Waals surface area contributed by atoms with Crippen molar-refractivity contribution in [3.8, 4) is 5.75 Å². The van der Waals surface area contributed by atoms with Gasteiger partial charge >= 0.3 is 0 Å². The summed E-state index contributed by atoms with van der Waals surface area (Å²) in [5.74, 6) is 1.01. The second kappa shape index (κ2) is 6.74. The quantitative estimate of drug-likeness (QED) is 0.588. The van der Waals surface area contributed by atoms with Crippen molar-refractivity contribution in [3.63, 3.8) is 0 Å². The van der Waals surface area contributed by atoms with Crippen LogP contribution >= 0.6 is 0 Å². The number of methoxy groups -OCH3 is 1. The van der Waals surface area contributed by atoms with Gasteiger partial charge in [0.05, 0.1) is 7.11 Å². The maximum Gasteiger partial charge on any atom is 0.123 e. The molecule has 0 heterocycles. The van der Waals surface area contributed by atoms with Gasteiger partial charge in [-0.2, -0.15) is 0 Å². The molecule has 0 aliphatic carbocycles. The Hall–Kier alpha value is -2.48. The molecule has 2 heteroatoms. The average molecular weight is 308 g/mol. The minimum absolute atomic E-state index is 0.102. The molecule has 0 aliphatic rings. The standard InChI is InChI=1S/C21H24O2/c1-15(16-8-12-19(23-5)13-9-16)14-20(22)17-6-10-18(11-7-17)21(2,3)4/h6-14,22H,1H2,2-5H3/b20-14-. The van der Waals surface area contributed by atoms with E-state index in [0.29, 0.717) is 0 Å². The van der Waals surface area contributed by atoms with Gasteiger partial charge in [-0.15, -0.1) is 0 Å². The topological polar surface area (TPSA) is 29.5 Å². The molecule has 0 aromatic heterocycles. The van der Waals surface area contributed by atoms with Gasteiger partial charge in [0, 0.05) is 5.56 Å². The third-order valence-electron chi connectivity index (χ3n) is 3.82. The molecule has 23 heavy (non-hydrogen) atoms. The summed E-state index contributed by atoms with van der Waals surface area (Å²) in [5, 5.41) is 10.3. The van der Waals surface area contributed by atoms with Crippen molar-refractivity contribution in [1.29, 1.82) is 0 Å². The van der Waals surface area contributed by atoms with Crippen molar-refractivity contribution >= 4 is 11.3 Å². The molecular weight excluding hydrogens is 284 g/mol. The highest BCUT2D eigenvalue weighted by Crippen LogP contribution is 2.25. The van der Waals surface area contributed by atoms with Crippen LogP contribution in [0.2, 0.25) is 0 Å². The Morgan fingerprint density at radius 3 is 1.96 bits per heavy atom. The predicted octanol–water partition coefficient (Wildman–Crippen LogP) is 5.61. The molecule has 0 unspecified atom stereocenters. The van der Waals surface area contributed by atoms with Gasteiger partial charge in [0.15, 0.2) is 0 Å². The van der Waals surface area contributed by atoms with Crippen LogP contribution in [0.1, 0.15) is 37.5 Å². The summed E-state index contributed by atoms with van der Waals surface area (Å²) in [6.45, 7) is 10.5. The molecule has 0 bridgehead atoms. The minimum atomic E-state index is 0.102. The lowest BCUT2D eigenvalue weighted by atomic mass is 9.86. The number of benzene rings is 2. The lowest BCUT2D eigenvalue weighted by Gasteiger charge is -2.19. The predicted molar refractivity (Wildman–Crippen MR) is 97.8 cm³/mol. The first kappa shape index (κ1) is 16.9. The van der Waals surface area contributed by atoms with E-state index in [9.17, 15) is 5.11 Å². The van der Waals surface area contributed by atoms with Crippen LogP contribution < -0.4 is 4.74 Å². The normalized spacial score (nSPS) is 12.1. The molecule has 2 aromatic rings. The largest absolute Gasteiger partial charge is 0.507 e. The number of ether oxygens (including phenoxy) is 1. The Balaban J connectivity index is 2.19. The van der Waals surface area contributed by atoms with E-state index in [1.54, 1.807) is 13.2 Å². The molecule has 120 valence electrons. The van der Waals surface area contributed by atoms with E-state index in [2.05, 4.69) is 39.5 Å². The number of allylic oxidation sites excluding steroid dienone is 2. The fourth-order valence-corrected chi connectivity index (χ4v) is 2.28. The summed E-state index contributed by atoms with van der Waals surface area (Å²) in [6, 6.07) is 15.6. The average Bonchev–Trinajstić information content (AvgIpc) is 2.54. The van der Waals surface area contributed by atoms with Gasteiger partial charge in [0.2, 0.25) is 0 Å². The van der Waals surface area contributed by atoms with Crippen LogP contribution in [0.25, 0.3) is 11.3 Å². The molecule has 0 fully saturated rings. The van der Waals surface area contributed by atoms with Crippen LogP contribution in [-0.4, -0.2) is 12.2 Å². The number of hydrogen-bond acceptors (Lipinski definition) is 2. The third kappa shape index (κ3) is 4.26. The van der Waals surface area contributed by atoms with Gasteiger partial charge in [-0.25, -0.2) is 0 Å². The van der Waals surface area contributed by atoms with Gasteiger partial charge in [0.1, 0.15) is 11.5 Å². The van der Waals surface area contributed by atoms with E-state index in [0.717, 1.165) is 22.4 Å². The zero-order valence-corrected chi connectivity index (χ0v) is 14.3. The number of aliphatic hydroxyl groups excluding tert-OH is 1. The second-order valence-electron chi connectivity index (χ2n) is 6.61. The Morgan fingerprint density at radius 1 is 0.957 bits per heavy atom. The number of rotatable bonds is 4. The fraction of sp³-hybridized carbons (Fsp3) is 0.238. The molecule has 0 saturated carbocycles. The van der Waals surface area contributed by atoms with Gasteiger partial charge in [-0.3, -0.25) is 0 Å². The summed E-state index contributed by atoms with van der Waals surface area (Å²) < 4.78 is 5.14. The molecule has 0 aliphatic heterocycles. The van der Waals surface area contributed by atoms with E-state index in [4.69, 9.17) is 4.74 Å². The van der Waals surface area contributed by atoms with Crippen molar-refractivity contribution in [3.05, 3.63) is 77.9 Å². The molecular formula is C21H24O2. The first-order valence-corrected chi connectivity index (χ1v) is 7.66. The van der Waals surface area contributed by atoms with Crippen LogP contribution in [0.5, 0.6) is 5.75 Å². The minimum Gasteiger partial charge on any atom is -0.507 e. The smallest absolute Gasteiger partial charge is 0.123 e. The summed E-state index contributed by atoms with van der Waals surface area (Å²) in [4.78, 5) is 0. The van der Waals surface area contributed by atoms with E-state index < -0.39 is 0 Å². The first-order chi connectivity index (χ1) is 10.8. The molecule has 2 rings (SSSR count). The molecule has 0 amide bonds. The second-order valence-corrected chi connectivity index (χ2v) is 6.61. The monoisotopic (exact) mass is 308 g/mol. The molecule has 0 radical (unpaired) electrons. The Labute approximate surface area is 138 Å². The molecule has 2 aromatic carbocycles. The maximum absolute atomic E-state index is 10.3. The number of hydrogen-bond donors (Lipinski definition) is 1. The molecule has 0 spiro atoms. The summed E-state index contributed by atoms with van der Waals surface area (Å²) in [5.41, 5.74) is 3.83. The van der Waals surface area contributed by atoms with Crippen molar-refractivity contribution in [2.45, 2.75) is 26.2 Å². The Bertz CT molecular complexity index is 699. The first-order valence-electron chi connectivity index (χ1n) is 7.66. The van der Waals surface area contributed by atoms with E-state index in [-0.39, 0.29) is 11.2 Å². The molecule has 0 atom stereocenters. The van der Waals surface area contributed by atoms with Crippen molar-refractivity contribution in [1.82, 2.24) is 0 Å². The zero-order chi connectivity index (χ0) is 17.0. The molecule has 1 N–H and O–H groups in total. The highest BCUT2D eigenvalue weighted by Gasteiger charge is 2.13. The summed E-state index contributed by atoms with van der Waals surface area (Å²) >= 11 is 0. The highest BCUT2D eigenvalue weighted by atomic mass is 16.5. The van der Waals surface area contributed by atoms with Crippen LogP contribution in [0.15, 0.2) is 61.2 Å². The maximum atomic E-state index is 10.3. The number of aliphatic hydroxyl groups is 1. The van der Waals surface area contributed by atoms with E-state index in [1.165, 1.54) is 5.56 Å². The van der Waals surface area contributed by atoms with Crippen LogP contribution in [0, 0.1) is 0 Å². The Kier molecular flexibility index (Phi) is 4.95. The van der Waals surface area contributed by atoms with Crippen molar-refractivity contribution < 1.29 is 9.84 Å². The Morgan fingerprint density at radius 2 is 1.48 bits per heavy atom. The van der Waals surface area contributed by atoms with Gasteiger partial charge in [0.25, 0.3) is 0 Å². The SMILES string of the molecule is C=C(/C=C(\O)c1ccc(C(C)(C)C)cc1)c1ccc(OC)cc1. The fourth-order valence-electron chi connectivity index (χ4n) is 2.28. The van der Waals surface area contributed by atoms with Crippen molar-refractivity contribution in [2.75, 3.05) is 7.11 Å². The third-order valence-corrected chi connectivity index (χ3v) is 3.82. The van der Waals surface area contributed by atoms with E-state index in [1.807, 2.05) is 36.4 Å². The lowest BCUT2D eigenvalue weighted by molar-refractivity contribution is 0.415. The summed E-state index contributed by atoms with van der Waals surface area (Å²) in [7, 11) is 1.64. The highest BCUT2D eigenvalue weighted by molar-refractivity contribution is 5.80. The van der Waals surface area contributed by atoms with Gasteiger partial charge in [-0.1, -0.05) is 63.7 Å². The van der Waals surface area contributed by atoms with Gasteiger partial charge < -0.3 is 9.84 Å². The van der Waals surface area contributed by atoms with Crippen LogP contribution in [0.3, 0.4) is 0 Å². The zero-order valence-electron chi connectivity index (χ0n) is 14.3. The van der Waals surface area contributed by atoms with Crippen LogP contribution in [-0.2, 0) is 5.41 Å². The molecule has 0 saturated heterocycles. The lowest BCUT2D eigenvalue weighted by Crippen LogP contribution is -2.10. The van der Waals surface area contributed by atoms with Crippen LogP contribution in [0.4, 0.5) is 0 Å². The summed E-state index contributed by atoms with van der Waals surface area (Å²) in [6.07, 6.45) is 1.69. The van der Waals surface area contributed by atoms with E-state index >= 15 is 0 Å². The van der Waals surface area contributed by atoms with Crippen molar-refractivity contribution in [2.24, 2.45) is 0 Å².